The normalized spacial score (nSPS) is 15.1. The van der Waals surface area contributed by atoms with Crippen LogP contribution in [0.25, 0.3) is 0 Å². The molecule has 2 atom stereocenters. The van der Waals surface area contributed by atoms with Crippen LogP contribution >= 0.6 is 15.9 Å². The lowest BCUT2D eigenvalue weighted by molar-refractivity contribution is 0.391. The molecule has 0 aliphatic carbocycles. The lowest BCUT2D eigenvalue weighted by atomic mass is 9.97. The van der Waals surface area contributed by atoms with E-state index in [2.05, 4.69) is 47.1 Å². The smallest absolute Gasteiger partial charge is 0.0692 e. The summed E-state index contributed by atoms with van der Waals surface area (Å²) in [6.07, 6.45) is 4.25. The second kappa shape index (κ2) is 6.40. The molecule has 0 aromatic carbocycles. The average molecular weight is 288 g/mol. The summed E-state index contributed by atoms with van der Waals surface area (Å²) in [4.78, 5) is 0. The molecule has 3 nitrogen and oxygen atoms in total. The van der Waals surface area contributed by atoms with Gasteiger partial charge in [0.1, 0.15) is 0 Å². The number of rotatable bonds is 6. The zero-order chi connectivity index (χ0) is 12.1. The summed E-state index contributed by atoms with van der Waals surface area (Å²) in [5.74, 6) is 0.728. The van der Waals surface area contributed by atoms with Crippen LogP contribution in [0.3, 0.4) is 0 Å². The van der Waals surface area contributed by atoms with Crippen molar-refractivity contribution in [3.05, 3.63) is 16.4 Å². The lowest BCUT2D eigenvalue weighted by Gasteiger charge is -2.22. The number of aromatic nitrogens is 2. The van der Waals surface area contributed by atoms with Gasteiger partial charge in [-0.05, 0) is 34.8 Å². The van der Waals surface area contributed by atoms with Gasteiger partial charge < -0.3 is 5.32 Å². The molecule has 1 rings (SSSR count). The van der Waals surface area contributed by atoms with Crippen LogP contribution in [0.15, 0.2) is 10.7 Å². The Morgan fingerprint density at radius 1 is 1.50 bits per heavy atom. The number of hydrogen-bond donors (Lipinski definition) is 1. The summed E-state index contributed by atoms with van der Waals surface area (Å²) in [5.41, 5.74) is 1.25. The zero-order valence-electron chi connectivity index (χ0n) is 10.6. The minimum Gasteiger partial charge on any atom is -0.309 e. The monoisotopic (exact) mass is 287 g/mol. The fourth-order valence-electron chi connectivity index (χ4n) is 1.92. The molecule has 4 heteroatoms. The van der Waals surface area contributed by atoms with Crippen molar-refractivity contribution in [1.82, 2.24) is 15.1 Å². The summed E-state index contributed by atoms with van der Waals surface area (Å²) in [5, 5.41) is 7.82. The fourth-order valence-corrected chi connectivity index (χ4v) is 2.54. The topological polar surface area (TPSA) is 29.9 Å². The Hall–Kier alpha value is -0.350. The molecular formula is C12H22BrN3. The predicted molar refractivity (Wildman–Crippen MR) is 71.4 cm³/mol. The molecular weight excluding hydrogens is 266 g/mol. The van der Waals surface area contributed by atoms with Gasteiger partial charge in [-0.15, -0.1) is 0 Å². The van der Waals surface area contributed by atoms with E-state index in [1.807, 2.05) is 17.9 Å². The molecule has 1 heterocycles. The fraction of sp³-hybridized carbons (Fsp3) is 0.750. The van der Waals surface area contributed by atoms with Gasteiger partial charge in [-0.3, -0.25) is 4.68 Å². The van der Waals surface area contributed by atoms with Crippen LogP contribution < -0.4 is 5.32 Å². The van der Waals surface area contributed by atoms with Crippen LogP contribution in [0.4, 0.5) is 0 Å². The van der Waals surface area contributed by atoms with Crippen molar-refractivity contribution in [2.24, 2.45) is 13.0 Å². The van der Waals surface area contributed by atoms with E-state index < -0.39 is 0 Å². The average Bonchev–Trinajstić information content (AvgIpc) is 2.58. The molecule has 0 bridgehead atoms. The third kappa shape index (κ3) is 3.32. The minimum absolute atomic E-state index is 0.391. The van der Waals surface area contributed by atoms with E-state index in [1.165, 1.54) is 12.1 Å². The van der Waals surface area contributed by atoms with E-state index in [1.54, 1.807) is 0 Å². The largest absolute Gasteiger partial charge is 0.309 e. The molecule has 2 unspecified atom stereocenters. The molecule has 92 valence electrons. The van der Waals surface area contributed by atoms with Crippen molar-refractivity contribution in [2.45, 2.75) is 39.7 Å². The molecule has 0 aliphatic heterocycles. The van der Waals surface area contributed by atoms with Gasteiger partial charge in [-0.2, -0.15) is 5.10 Å². The Kier molecular flexibility index (Phi) is 5.49. The van der Waals surface area contributed by atoms with Crippen LogP contribution in [0.5, 0.6) is 0 Å². The second-order valence-corrected chi connectivity index (χ2v) is 5.22. The Labute approximate surface area is 107 Å². The first-order chi connectivity index (χ1) is 7.60. The maximum Gasteiger partial charge on any atom is 0.0692 e. The summed E-state index contributed by atoms with van der Waals surface area (Å²) >= 11 is 3.58. The molecule has 0 fully saturated rings. The molecule has 0 amide bonds. The highest BCUT2D eigenvalue weighted by atomic mass is 79.9. The highest BCUT2D eigenvalue weighted by molar-refractivity contribution is 9.10. The van der Waals surface area contributed by atoms with Crippen molar-refractivity contribution in [1.29, 1.82) is 0 Å². The van der Waals surface area contributed by atoms with E-state index >= 15 is 0 Å². The van der Waals surface area contributed by atoms with E-state index in [0.717, 1.165) is 23.4 Å². The van der Waals surface area contributed by atoms with E-state index in [-0.39, 0.29) is 0 Å². The van der Waals surface area contributed by atoms with Gasteiger partial charge >= 0.3 is 0 Å². The van der Waals surface area contributed by atoms with E-state index in [9.17, 15) is 0 Å². The first-order valence-corrected chi connectivity index (χ1v) is 6.80. The van der Waals surface area contributed by atoms with Crippen LogP contribution in [-0.2, 0) is 7.05 Å². The Morgan fingerprint density at radius 2 is 2.19 bits per heavy atom. The van der Waals surface area contributed by atoms with E-state index in [4.69, 9.17) is 0 Å². The molecule has 0 spiro atoms. The van der Waals surface area contributed by atoms with Gasteiger partial charge in [-0.25, -0.2) is 0 Å². The molecule has 0 radical (unpaired) electrons. The van der Waals surface area contributed by atoms with Gasteiger partial charge in [-0.1, -0.05) is 27.2 Å². The van der Waals surface area contributed by atoms with E-state index in [0.29, 0.717) is 6.04 Å². The molecule has 16 heavy (non-hydrogen) atoms. The maximum atomic E-state index is 4.28. The van der Waals surface area contributed by atoms with Crippen molar-refractivity contribution in [3.63, 3.8) is 0 Å². The number of halogens is 1. The number of aryl methyl sites for hydroxylation is 1. The number of hydrogen-bond acceptors (Lipinski definition) is 2. The van der Waals surface area contributed by atoms with Gasteiger partial charge in [0.2, 0.25) is 0 Å². The minimum atomic E-state index is 0.391. The lowest BCUT2D eigenvalue weighted by Crippen LogP contribution is -2.25. The Bertz CT molecular complexity index is 303. The first-order valence-electron chi connectivity index (χ1n) is 6.00. The Balaban J connectivity index is 2.84. The van der Waals surface area contributed by atoms with Gasteiger partial charge in [0.25, 0.3) is 0 Å². The molecule has 0 saturated carbocycles. The Morgan fingerprint density at radius 3 is 2.62 bits per heavy atom. The first kappa shape index (κ1) is 13.7. The molecule has 1 aromatic rings. The standard InChI is InChI=1S/C12H22BrN3/c1-5-9(3)7-11(14-6-2)12-10(13)8-15-16(12)4/h8-9,11,14H,5-7H2,1-4H3. The summed E-state index contributed by atoms with van der Waals surface area (Å²) < 4.78 is 3.06. The van der Waals surface area contributed by atoms with Gasteiger partial charge in [0, 0.05) is 7.05 Å². The van der Waals surface area contributed by atoms with Crippen LogP contribution in [-0.4, -0.2) is 16.3 Å². The van der Waals surface area contributed by atoms with Crippen molar-refractivity contribution < 1.29 is 0 Å². The van der Waals surface area contributed by atoms with Crippen molar-refractivity contribution in [3.8, 4) is 0 Å². The molecule has 1 N–H and O–H groups in total. The summed E-state index contributed by atoms with van der Waals surface area (Å²) in [6.45, 7) is 7.67. The molecule has 0 saturated heterocycles. The van der Waals surface area contributed by atoms with Crippen molar-refractivity contribution in [2.75, 3.05) is 6.54 Å². The predicted octanol–water partition coefficient (Wildman–Crippen LogP) is 3.27. The van der Waals surface area contributed by atoms with Crippen LogP contribution in [0.1, 0.15) is 45.3 Å². The second-order valence-electron chi connectivity index (χ2n) is 4.36. The van der Waals surface area contributed by atoms with Crippen LogP contribution in [0, 0.1) is 5.92 Å². The third-order valence-electron chi connectivity index (χ3n) is 3.05. The van der Waals surface area contributed by atoms with Crippen molar-refractivity contribution >= 4 is 15.9 Å². The third-order valence-corrected chi connectivity index (χ3v) is 3.66. The number of nitrogens with one attached hydrogen (secondary N) is 1. The summed E-state index contributed by atoms with van der Waals surface area (Å²) in [7, 11) is 2.00. The SMILES string of the molecule is CCNC(CC(C)CC)c1c(Br)cnn1C. The number of nitrogens with zero attached hydrogens (tertiary/aromatic N) is 2. The highest BCUT2D eigenvalue weighted by Gasteiger charge is 2.19. The van der Waals surface area contributed by atoms with Gasteiger partial charge in [0.05, 0.1) is 22.4 Å². The quantitative estimate of drug-likeness (QED) is 0.870. The highest BCUT2D eigenvalue weighted by Crippen LogP contribution is 2.28. The molecule has 1 aromatic heterocycles. The van der Waals surface area contributed by atoms with Gasteiger partial charge in [0.15, 0.2) is 0 Å². The maximum absolute atomic E-state index is 4.28. The van der Waals surface area contributed by atoms with Crippen LogP contribution in [0.2, 0.25) is 0 Å². The summed E-state index contributed by atoms with van der Waals surface area (Å²) in [6, 6.07) is 0.391. The zero-order valence-corrected chi connectivity index (χ0v) is 12.2. The molecule has 0 aliphatic rings.